The van der Waals surface area contributed by atoms with Crippen molar-refractivity contribution in [3.05, 3.63) is 35.3 Å². The molecule has 0 bridgehead atoms. The fourth-order valence-electron chi connectivity index (χ4n) is 3.24. The highest BCUT2D eigenvalue weighted by molar-refractivity contribution is 7.22. The van der Waals surface area contributed by atoms with E-state index >= 15 is 0 Å². The molecule has 2 amide bonds. The zero-order valence-corrected chi connectivity index (χ0v) is 20.0. The zero-order chi connectivity index (χ0) is 25.0. The number of nitrogens with zero attached hydrogens (tertiary/aromatic N) is 5. The summed E-state index contributed by atoms with van der Waals surface area (Å²) in [4.78, 5) is 33.4. The van der Waals surface area contributed by atoms with Gasteiger partial charge in [-0.2, -0.15) is 0 Å². The minimum absolute atomic E-state index is 0.0000388. The van der Waals surface area contributed by atoms with Gasteiger partial charge in [-0.15, -0.1) is 34.7 Å². The van der Waals surface area contributed by atoms with Crippen molar-refractivity contribution in [1.29, 1.82) is 0 Å². The number of carbonyl (C=O) groups excluding carboxylic acids is 2. The molecule has 4 rings (SSSR count). The van der Waals surface area contributed by atoms with Crippen LogP contribution in [0, 0.1) is 0 Å². The van der Waals surface area contributed by atoms with Gasteiger partial charge < -0.3 is 15.0 Å². The van der Waals surface area contributed by atoms with Crippen molar-refractivity contribution in [2.75, 3.05) is 50.4 Å². The molecule has 1 fully saturated rings. The molecule has 3 aromatic rings. The van der Waals surface area contributed by atoms with Crippen LogP contribution in [-0.4, -0.2) is 82.9 Å². The molecule has 186 valence electrons. The number of carbonyl (C=O) groups is 2. The monoisotopic (exact) mass is 527 g/mol. The zero-order valence-electron chi connectivity index (χ0n) is 18.3. The van der Waals surface area contributed by atoms with Crippen molar-refractivity contribution < 1.29 is 27.5 Å². The van der Waals surface area contributed by atoms with E-state index in [0.717, 1.165) is 42.6 Å². The second kappa shape index (κ2) is 10.6. The maximum atomic E-state index is 12.9. The highest BCUT2D eigenvalue weighted by atomic mass is 32.1. The van der Waals surface area contributed by atoms with Crippen molar-refractivity contribution in [1.82, 2.24) is 25.0 Å². The van der Waals surface area contributed by atoms with Crippen molar-refractivity contribution >= 4 is 45.3 Å². The van der Waals surface area contributed by atoms with Gasteiger partial charge >= 0.3 is 6.36 Å². The summed E-state index contributed by atoms with van der Waals surface area (Å²) in [7, 11) is 1.97. The molecule has 0 spiro atoms. The Labute approximate surface area is 205 Å². The smallest absolute Gasteiger partial charge is 0.404 e. The van der Waals surface area contributed by atoms with E-state index in [1.54, 1.807) is 11.6 Å². The van der Waals surface area contributed by atoms with Crippen LogP contribution in [0.1, 0.15) is 10.4 Å². The Balaban J connectivity index is 1.48. The molecular formula is C20H20F3N7O3S2. The van der Waals surface area contributed by atoms with E-state index in [-0.39, 0.29) is 22.9 Å². The number of nitrogens with one attached hydrogen (secondary N) is 2. The van der Waals surface area contributed by atoms with Gasteiger partial charge in [0, 0.05) is 43.3 Å². The molecule has 1 aromatic carbocycles. The Hall–Kier alpha value is -3.14. The standard InChI is InChI=1S/C20H20F3N7O3S2/c1-29-5-7-30(8-6-29)11-15(31)25-13-10-12(2-3-14(13)33-20(21,22)23)16(32)26-19-28-27-18(35-19)17-24-4-9-34-17/h2-4,9-10H,5-8,11H2,1H3,(H,25,31)(H,26,28,32). The summed E-state index contributed by atoms with van der Waals surface area (Å²) < 4.78 is 42.7. The summed E-state index contributed by atoms with van der Waals surface area (Å²) in [6, 6.07) is 3.27. The average Bonchev–Trinajstić information content (AvgIpc) is 3.47. The van der Waals surface area contributed by atoms with Crippen molar-refractivity contribution in [3.63, 3.8) is 0 Å². The molecular weight excluding hydrogens is 507 g/mol. The first-order valence-electron chi connectivity index (χ1n) is 10.3. The normalized spacial score (nSPS) is 15.1. The summed E-state index contributed by atoms with van der Waals surface area (Å²) in [5, 5.41) is 16.0. The molecule has 2 aromatic heterocycles. The van der Waals surface area contributed by atoms with E-state index in [1.165, 1.54) is 11.3 Å². The number of anilines is 2. The lowest BCUT2D eigenvalue weighted by atomic mass is 10.1. The Morgan fingerprint density at radius 3 is 2.57 bits per heavy atom. The van der Waals surface area contributed by atoms with Gasteiger partial charge in [0.1, 0.15) is 0 Å². The highest BCUT2D eigenvalue weighted by Gasteiger charge is 2.33. The number of thiazole rings is 1. The van der Waals surface area contributed by atoms with Crippen LogP contribution in [0.2, 0.25) is 0 Å². The van der Waals surface area contributed by atoms with Crippen LogP contribution in [0.25, 0.3) is 10.0 Å². The van der Waals surface area contributed by atoms with Crippen LogP contribution in [0.3, 0.4) is 0 Å². The Bertz CT molecular complexity index is 1180. The van der Waals surface area contributed by atoms with Crippen LogP contribution in [0.15, 0.2) is 29.8 Å². The van der Waals surface area contributed by atoms with Crippen LogP contribution >= 0.6 is 22.7 Å². The second-order valence-corrected chi connectivity index (χ2v) is 9.46. The minimum atomic E-state index is -4.97. The van der Waals surface area contributed by atoms with Gasteiger partial charge in [0.05, 0.1) is 12.2 Å². The number of alkyl halides is 3. The Kier molecular flexibility index (Phi) is 7.59. The van der Waals surface area contributed by atoms with Gasteiger partial charge in [0.2, 0.25) is 11.0 Å². The first kappa shape index (κ1) is 25.0. The van der Waals surface area contributed by atoms with Gasteiger partial charge in [-0.3, -0.25) is 19.8 Å². The van der Waals surface area contributed by atoms with Crippen molar-refractivity contribution in [2.24, 2.45) is 0 Å². The highest BCUT2D eigenvalue weighted by Crippen LogP contribution is 2.32. The Morgan fingerprint density at radius 2 is 1.89 bits per heavy atom. The summed E-state index contributed by atoms with van der Waals surface area (Å²) in [6.07, 6.45) is -3.36. The van der Waals surface area contributed by atoms with Crippen LogP contribution in [0.4, 0.5) is 24.0 Å². The molecule has 0 saturated carbocycles. The molecule has 1 aliphatic heterocycles. The van der Waals surface area contributed by atoms with Gasteiger partial charge in [-0.25, -0.2) is 4.98 Å². The molecule has 2 N–H and O–H groups in total. The van der Waals surface area contributed by atoms with Crippen LogP contribution in [-0.2, 0) is 4.79 Å². The largest absolute Gasteiger partial charge is 0.573 e. The maximum absolute atomic E-state index is 12.9. The summed E-state index contributed by atoms with van der Waals surface area (Å²) in [6.45, 7) is 2.87. The number of likely N-dealkylation sites (N-methyl/N-ethyl adjacent to an activating group) is 1. The third-order valence-electron chi connectivity index (χ3n) is 4.97. The van der Waals surface area contributed by atoms with E-state index in [2.05, 4.69) is 35.5 Å². The first-order chi connectivity index (χ1) is 16.7. The van der Waals surface area contributed by atoms with Gasteiger partial charge in [0.25, 0.3) is 5.91 Å². The quantitative estimate of drug-likeness (QED) is 0.482. The number of amides is 2. The number of halogens is 3. The van der Waals surface area contributed by atoms with Crippen LogP contribution in [0.5, 0.6) is 5.75 Å². The lowest BCUT2D eigenvalue weighted by molar-refractivity contribution is -0.274. The van der Waals surface area contributed by atoms with Crippen molar-refractivity contribution in [3.8, 4) is 15.8 Å². The molecule has 35 heavy (non-hydrogen) atoms. The number of aromatic nitrogens is 3. The summed E-state index contributed by atoms with van der Waals surface area (Å²) in [5.41, 5.74) is -0.268. The van der Waals surface area contributed by atoms with E-state index < -0.39 is 23.9 Å². The SMILES string of the molecule is CN1CCN(CC(=O)Nc2cc(C(=O)Nc3nnc(-c4nccs4)s3)ccc2OC(F)(F)F)CC1. The molecule has 0 atom stereocenters. The summed E-state index contributed by atoms with van der Waals surface area (Å²) >= 11 is 2.46. The van der Waals surface area contributed by atoms with E-state index in [0.29, 0.717) is 23.1 Å². The van der Waals surface area contributed by atoms with Crippen molar-refractivity contribution in [2.45, 2.75) is 6.36 Å². The van der Waals surface area contributed by atoms with E-state index in [1.807, 2.05) is 11.9 Å². The number of benzene rings is 1. The lowest BCUT2D eigenvalue weighted by Crippen LogP contribution is -2.47. The molecule has 1 aliphatic rings. The van der Waals surface area contributed by atoms with E-state index in [9.17, 15) is 22.8 Å². The topological polar surface area (TPSA) is 113 Å². The molecule has 3 heterocycles. The average molecular weight is 528 g/mol. The molecule has 15 heteroatoms. The number of piperazine rings is 1. The first-order valence-corrected chi connectivity index (χ1v) is 12.0. The maximum Gasteiger partial charge on any atom is 0.573 e. The lowest BCUT2D eigenvalue weighted by Gasteiger charge is -2.31. The third kappa shape index (κ3) is 6.94. The second-order valence-electron chi connectivity index (χ2n) is 7.59. The van der Waals surface area contributed by atoms with Gasteiger partial charge in [0.15, 0.2) is 15.8 Å². The van der Waals surface area contributed by atoms with Gasteiger partial charge in [-0.05, 0) is 25.2 Å². The van der Waals surface area contributed by atoms with E-state index in [4.69, 9.17) is 0 Å². The molecule has 1 saturated heterocycles. The van der Waals surface area contributed by atoms with Crippen LogP contribution < -0.4 is 15.4 Å². The fourth-order valence-corrected chi connectivity index (χ4v) is 4.65. The molecule has 0 aliphatic carbocycles. The number of ether oxygens (including phenoxy) is 1. The molecule has 10 nitrogen and oxygen atoms in total. The predicted octanol–water partition coefficient (Wildman–Crippen LogP) is 3.00. The third-order valence-corrected chi connectivity index (χ3v) is 6.72. The predicted molar refractivity (Wildman–Crippen MR) is 125 cm³/mol. The summed E-state index contributed by atoms with van der Waals surface area (Å²) in [5.74, 6) is -1.78. The fraction of sp³-hybridized carbons (Fsp3) is 0.350. The number of hydrogen-bond acceptors (Lipinski definition) is 10. The minimum Gasteiger partial charge on any atom is -0.404 e. The molecule has 0 unspecified atom stereocenters. The Morgan fingerprint density at radius 1 is 1.11 bits per heavy atom. The number of hydrogen-bond donors (Lipinski definition) is 2. The molecule has 0 radical (unpaired) electrons. The number of rotatable bonds is 7. The van der Waals surface area contributed by atoms with Gasteiger partial charge in [-0.1, -0.05) is 11.3 Å².